The summed E-state index contributed by atoms with van der Waals surface area (Å²) < 4.78 is 0. The van der Waals surface area contributed by atoms with E-state index >= 15 is 0 Å². The Bertz CT molecular complexity index is 407. The predicted molar refractivity (Wildman–Crippen MR) is 75.5 cm³/mol. The highest BCUT2D eigenvalue weighted by atomic mass is 15.0. The highest BCUT2D eigenvalue weighted by Gasteiger charge is 2.04. The number of hydrogen-bond acceptors (Lipinski definition) is 3. The normalized spacial score (nSPS) is 11.9. The van der Waals surface area contributed by atoms with Crippen molar-refractivity contribution < 1.29 is 0 Å². The van der Waals surface area contributed by atoms with Crippen molar-refractivity contribution in [3.63, 3.8) is 0 Å². The Morgan fingerprint density at radius 1 is 1.33 bits per heavy atom. The topological polar surface area (TPSA) is 48.7 Å². The van der Waals surface area contributed by atoms with Gasteiger partial charge in [-0.15, -0.1) is 0 Å². The molecular formula is C15H23N3. The van der Waals surface area contributed by atoms with Gasteiger partial charge in [-0.3, -0.25) is 0 Å². The second-order valence-electron chi connectivity index (χ2n) is 4.89. The number of rotatable bonds is 7. The lowest BCUT2D eigenvalue weighted by atomic mass is 10.1. The van der Waals surface area contributed by atoms with Crippen molar-refractivity contribution in [1.29, 1.82) is 5.26 Å². The first-order valence-electron chi connectivity index (χ1n) is 6.81. The van der Waals surface area contributed by atoms with Gasteiger partial charge in [-0.25, -0.2) is 4.98 Å². The van der Waals surface area contributed by atoms with Crippen LogP contribution in [0.1, 0.15) is 57.2 Å². The van der Waals surface area contributed by atoms with Crippen LogP contribution in [0.4, 0.5) is 5.82 Å². The molecule has 98 valence electrons. The lowest BCUT2D eigenvalue weighted by molar-refractivity contribution is 0.593. The highest BCUT2D eigenvalue weighted by Crippen LogP contribution is 2.13. The third-order valence-corrected chi connectivity index (χ3v) is 2.97. The van der Waals surface area contributed by atoms with Crippen LogP contribution >= 0.6 is 0 Å². The molecule has 1 aromatic rings. The molecule has 0 aromatic carbocycles. The summed E-state index contributed by atoms with van der Waals surface area (Å²) in [5.41, 5.74) is 1.55. The highest BCUT2D eigenvalue weighted by molar-refractivity contribution is 5.44. The van der Waals surface area contributed by atoms with Crippen molar-refractivity contribution in [1.82, 2.24) is 4.98 Å². The van der Waals surface area contributed by atoms with Gasteiger partial charge < -0.3 is 5.32 Å². The van der Waals surface area contributed by atoms with Crippen molar-refractivity contribution in [2.24, 2.45) is 0 Å². The number of unbranched alkanes of at least 4 members (excludes halogenated alkanes) is 3. The standard InChI is InChI=1S/C15H23N3/c1-4-5-6-7-8-12(2)17-15-10-14(11-16)9-13(3)18-15/h9-10,12H,4-8H2,1-3H3,(H,17,18). The molecule has 0 aliphatic heterocycles. The van der Waals surface area contributed by atoms with E-state index in [1.165, 1.54) is 25.7 Å². The van der Waals surface area contributed by atoms with E-state index in [1.54, 1.807) is 6.07 Å². The maximum Gasteiger partial charge on any atom is 0.127 e. The predicted octanol–water partition coefficient (Wildman–Crippen LogP) is 4.03. The third kappa shape index (κ3) is 5.18. The van der Waals surface area contributed by atoms with Crippen LogP contribution in [-0.2, 0) is 0 Å². The van der Waals surface area contributed by atoms with Crippen LogP contribution in [0.15, 0.2) is 12.1 Å². The fourth-order valence-corrected chi connectivity index (χ4v) is 2.01. The minimum absolute atomic E-state index is 0.405. The molecule has 1 unspecified atom stereocenters. The van der Waals surface area contributed by atoms with Crippen LogP contribution < -0.4 is 5.32 Å². The van der Waals surface area contributed by atoms with Crippen molar-refractivity contribution >= 4 is 5.82 Å². The number of nitrogens with one attached hydrogen (secondary N) is 1. The average Bonchev–Trinajstić information content (AvgIpc) is 2.34. The van der Waals surface area contributed by atoms with Gasteiger partial charge in [0.15, 0.2) is 0 Å². The van der Waals surface area contributed by atoms with Crippen LogP contribution in [0.2, 0.25) is 0 Å². The summed E-state index contributed by atoms with van der Waals surface area (Å²) in [5.74, 6) is 0.814. The van der Waals surface area contributed by atoms with Gasteiger partial charge in [-0.05, 0) is 32.4 Å². The molecule has 0 saturated heterocycles. The number of nitrogens with zero attached hydrogens (tertiary/aromatic N) is 2. The smallest absolute Gasteiger partial charge is 0.127 e. The second-order valence-corrected chi connectivity index (χ2v) is 4.89. The zero-order valence-corrected chi connectivity index (χ0v) is 11.7. The summed E-state index contributed by atoms with van der Waals surface area (Å²) in [6.07, 6.45) is 6.28. The summed E-state index contributed by atoms with van der Waals surface area (Å²) in [6.45, 7) is 6.31. The van der Waals surface area contributed by atoms with E-state index in [0.29, 0.717) is 11.6 Å². The zero-order valence-electron chi connectivity index (χ0n) is 11.7. The van der Waals surface area contributed by atoms with E-state index in [0.717, 1.165) is 17.9 Å². The number of hydrogen-bond donors (Lipinski definition) is 1. The summed E-state index contributed by atoms with van der Waals surface area (Å²) >= 11 is 0. The first-order chi connectivity index (χ1) is 8.65. The van der Waals surface area contributed by atoms with Crippen molar-refractivity contribution in [2.45, 2.75) is 58.9 Å². The Morgan fingerprint density at radius 2 is 2.11 bits per heavy atom. The van der Waals surface area contributed by atoms with Gasteiger partial charge >= 0.3 is 0 Å². The van der Waals surface area contributed by atoms with Gasteiger partial charge in [0.05, 0.1) is 11.6 Å². The van der Waals surface area contributed by atoms with E-state index in [4.69, 9.17) is 5.26 Å². The third-order valence-electron chi connectivity index (χ3n) is 2.97. The number of nitriles is 1. The molecule has 3 heteroatoms. The minimum Gasteiger partial charge on any atom is -0.368 e. The van der Waals surface area contributed by atoms with E-state index in [-0.39, 0.29) is 0 Å². The molecule has 0 aliphatic carbocycles. The van der Waals surface area contributed by atoms with Crippen LogP contribution in [0.3, 0.4) is 0 Å². The van der Waals surface area contributed by atoms with Crippen LogP contribution in [0.5, 0.6) is 0 Å². The average molecular weight is 245 g/mol. The Hall–Kier alpha value is -1.56. The fourth-order valence-electron chi connectivity index (χ4n) is 2.01. The molecule has 1 aromatic heterocycles. The molecule has 1 N–H and O–H groups in total. The quantitative estimate of drug-likeness (QED) is 0.738. The summed E-state index contributed by atoms with van der Waals surface area (Å²) in [7, 11) is 0. The molecule has 1 heterocycles. The molecule has 0 amide bonds. The minimum atomic E-state index is 0.405. The van der Waals surface area contributed by atoms with E-state index in [9.17, 15) is 0 Å². The molecule has 1 rings (SSSR count). The maximum absolute atomic E-state index is 8.92. The molecule has 0 fully saturated rings. The van der Waals surface area contributed by atoms with Gasteiger partial charge in [0, 0.05) is 11.7 Å². The Labute approximate surface area is 110 Å². The molecule has 18 heavy (non-hydrogen) atoms. The molecular weight excluding hydrogens is 222 g/mol. The lowest BCUT2D eigenvalue weighted by Gasteiger charge is -2.14. The Balaban J connectivity index is 2.46. The molecule has 0 aliphatic rings. The molecule has 1 atom stereocenters. The van der Waals surface area contributed by atoms with Gasteiger partial charge in [0.1, 0.15) is 5.82 Å². The van der Waals surface area contributed by atoms with Gasteiger partial charge in [-0.1, -0.05) is 32.6 Å². The van der Waals surface area contributed by atoms with E-state index in [2.05, 4.69) is 30.2 Å². The molecule has 3 nitrogen and oxygen atoms in total. The molecule has 0 spiro atoms. The second kappa shape index (κ2) is 7.71. The summed E-state index contributed by atoms with van der Waals surface area (Å²) in [6, 6.07) is 6.18. The first kappa shape index (κ1) is 14.5. The first-order valence-corrected chi connectivity index (χ1v) is 6.81. The Morgan fingerprint density at radius 3 is 2.78 bits per heavy atom. The van der Waals surface area contributed by atoms with Crippen molar-refractivity contribution in [2.75, 3.05) is 5.32 Å². The number of pyridine rings is 1. The molecule has 0 saturated carbocycles. The summed E-state index contributed by atoms with van der Waals surface area (Å²) in [4.78, 5) is 4.40. The van der Waals surface area contributed by atoms with Crippen LogP contribution in [0, 0.1) is 18.3 Å². The van der Waals surface area contributed by atoms with E-state index < -0.39 is 0 Å². The largest absolute Gasteiger partial charge is 0.368 e. The Kier molecular flexibility index (Phi) is 6.21. The fraction of sp³-hybridized carbons (Fsp3) is 0.600. The molecule has 0 radical (unpaired) electrons. The molecule has 0 bridgehead atoms. The monoisotopic (exact) mass is 245 g/mol. The van der Waals surface area contributed by atoms with Crippen molar-refractivity contribution in [3.8, 4) is 6.07 Å². The van der Waals surface area contributed by atoms with Crippen LogP contribution in [-0.4, -0.2) is 11.0 Å². The lowest BCUT2D eigenvalue weighted by Crippen LogP contribution is -2.16. The number of aryl methyl sites for hydroxylation is 1. The van der Waals surface area contributed by atoms with Gasteiger partial charge in [-0.2, -0.15) is 5.26 Å². The SMILES string of the molecule is CCCCCCC(C)Nc1cc(C#N)cc(C)n1. The number of aromatic nitrogens is 1. The van der Waals surface area contributed by atoms with Gasteiger partial charge in [0.2, 0.25) is 0 Å². The van der Waals surface area contributed by atoms with Crippen molar-refractivity contribution in [3.05, 3.63) is 23.4 Å². The van der Waals surface area contributed by atoms with Gasteiger partial charge in [0.25, 0.3) is 0 Å². The zero-order chi connectivity index (χ0) is 13.4. The van der Waals surface area contributed by atoms with E-state index in [1.807, 2.05) is 13.0 Å². The maximum atomic E-state index is 8.92. The summed E-state index contributed by atoms with van der Waals surface area (Å²) in [5, 5.41) is 12.3. The van der Waals surface area contributed by atoms with Crippen LogP contribution in [0.25, 0.3) is 0 Å². The number of anilines is 1.